The van der Waals surface area contributed by atoms with Gasteiger partial charge < -0.3 is 9.73 Å². The van der Waals surface area contributed by atoms with Gasteiger partial charge in [0, 0.05) is 10.2 Å². The van der Waals surface area contributed by atoms with Crippen LogP contribution in [0.25, 0.3) is 11.1 Å². The molecule has 3 aromatic rings. The summed E-state index contributed by atoms with van der Waals surface area (Å²) < 4.78 is 7.43. The number of amides is 1. The molecule has 1 N–H and O–H groups in total. The second-order valence-electron chi connectivity index (χ2n) is 4.88. The van der Waals surface area contributed by atoms with E-state index >= 15 is 0 Å². The molecule has 2 aromatic carbocycles. The number of carbonyl (C=O) groups excluding carboxylic acids is 1. The van der Waals surface area contributed by atoms with E-state index < -0.39 is 11.8 Å². The lowest BCUT2D eigenvalue weighted by Gasteiger charge is -2.13. The average Bonchev–Trinajstić information content (AvgIpc) is 2.84. The van der Waals surface area contributed by atoms with Crippen LogP contribution >= 0.6 is 15.9 Å². The lowest BCUT2D eigenvalue weighted by Crippen LogP contribution is -2.29. The molecule has 22 heavy (non-hydrogen) atoms. The van der Waals surface area contributed by atoms with Crippen molar-refractivity contribution in [3.05, 3.63) is 63.6 Å². The van der Waals surface area contributed by atoms with E-state index in [2.05, 4.69) is 21.2 Å². The molecular formula is C16H13BrN2O3. The number of fused-ring (bicyclic) bond motifs is 1. The maximum Gasteiger partial charge on any atom is 0.420 e. The summed E-state index contributed by atoms with van der Waals surface area (Å²) in [6.07, 6.45) is 0. The number of halogens is 1. The van der Waals surface area contributed by atoms with Gasteiger partial charge in [-0.3, -0.25) is 9.36 Å². The Labute approximate surface area is 134 Å². The van der Waals surface area contributed by atoms with Crippen molar-refractivity contribution in [3.8, 4) is 0 Å². The number of nitrogens with zero attached hydrogens (tertiary/aromatic N) is 1. The molecule has 3 rings (SSSR count). The van der Waals surface area contributed by atoms with Crippen LogP contribution < -0.4 is 11.1 Å². The van der Waals surface area contributed by atoms with Gasteiger partial charge in [-0.15, -0.1) is 0 Å². The van der Waals surface area contributed by atoms with E-state index in [4.69, 9.17) is 4.42 Å². The van der Waals surface area contributed by atoms with Gasteiger partial charge in [0.25, 0.3) is 0 Å². The van der Waals surface area contributed by atoms with E-state index in [1.165, 1.54) is 4.57 Å². The van der Waals surface area contributed by atoms with Crippen molar-refractivity contribution in [1.29, 1.82) is 0 Å². The zero-order valence-corrected chi connectivity index (χ0v) is 13.3. The predicted molar refractivity (Wildman–Crippen MR) is 88.0 cm³/mol. The van der Waals surface area contributed by atoms with Crippen LogP contribution in [0.3, 0.4) is 0 Å². The first-order valence-corrected chi connectivity index (χ1v) is 7.52. The van der Waals surface area contributed by atoms with E-state index in [9.17, 15) is 9.59 Å². The minimum absolute atomic E-state index is 0.282. The molecule has 5 nitrogen and oxygen atoms in total. The first-order chi connectivity index (χ1) is 10.6. The van der Waals surface area contributed by atoms with Gasteiger partial charge in [0.1, 0.15) is 6.04 Å². The molecule has 0 aliphatic heterocycles. The first kappa shape index (κ1) is 14.6. The number of oxazole rings is 1. The molecule has 0 spiro atoms. The number of anilines is 1. The van der Waals surface area contributed by atoms with Crippen LogP contribution in [0.1, 0.15) is 13.0 Å². The Bertz CT molecular complexity index is 880. The maximum atomic E-state index is 12.4. The summed E-state index contributed by atoms with van der Waals surface area (Å²) in [5.41, 5.74) is 1.74. The normalized spacial score (nSPS) is 12.3. The molecule has 1 atom stereocenters. The molecule has 0 aliphatic carbocycles. The summed E-state index contributed by atoms with van der Waals surface area (Å²) in [5, 5.41) is 2.79. The molecule has 1 unspecified atom stereocenters. The van der Waals surface area contributed by atoms with Crippen LogP contribution in [-0.4, -0.2) is 10.5 Å². The summed E-state index contributed by atoms with van der Waals surface area (Å²) in [7, 11) is 0. The zero-order valence-electron chi connectivity index (χ0n) is 11.7. The van der Waals surface area contributed by atoms with E-state index in [1.54, 1.807) is 43.3 Å². The molecule has 0 saturated carbocycles. The number of hydrogen-bond acceptors (Lipinski definition) is 3. The fraction of sp³-hybridized carbons (Fsp3) is 0.125. The summed E-state index contributed by atoms with van der Waals surface area (Å²) in [4.78, 5) is 24.4. The van der Waals surface area contributed by atoms with E-state index in [0.29, 0.717) is 16.8 Å². The largest absolute Gasteiger partial charge is 0.420 e. The minimum atomic E-state index is -0.681. The van der Waals surface area contributed by atoms with Crippen LogP contribution in [0.4, 0.5) is 5.69 Å². The number of para-hydroxylation sites is 2. The van der Waals surface area contributed by atoms with Crippen LogP contribution in [0.5, 0.6) is 0 Å². The van der Waals surface area contributed by atoms with Crippen molar-refractivity contribution in [1.82, 2.24) is 4.57 Å². The van der Waals surface area contributed by atoms with Crippen LogP contribution in [-0.2, 0) is 4.79 Å². The molecule has 0 radical (unpaired) electrons. The van der Waals surface area contributed by atoms with Crippen molar-refractivity contribution < 1.29 is 9.21 Å². The van der Waals surface area contributed by atoms with Crippen LogP contribution in [0, 0.1) is 0 Å². The third kappa shape index (κ3) is 2.69. The Morgan fingerprint density at radius 3 is 2.59 bits per heavy atom. The van der Waals surface area contributed by atoms with Gasteiger partial charge in [-0.25, -0.2) is 4.79 Å². The Morgan fingerprint density at radius 1 is 1.18 bits per heavy atom. The highest BCUT2D eigenvalue weighted by Crippen LogP contribution is 2.19. The van der Waals surface area contributed by atoms with E-state index in [-0.39, 0.29) is 5.91 Å². The highest BCUT2D eigenvalue weighted by atomic mass is 79.9. The number of rotatable bonds is 3. The highest BCUT2D eigenvalue weighted by molar-refractivity contribution is 9.10. The lowest BCUT2D eigenvalue weighted by atomic mass is 10.2. The molecule has 0 saturated heterocycles. The van der Waals surface area contributed by atoms with Crippen molar-refractivity contribution >= 4 is 38.6 Å². The second-order valence-corrected chi connectivity index (χ2v) is 5.79. The summed E-state index contributed by atoms with van der Waals surface area (Å²) in [6, 6.07) is 13.6. The number of aromatic nitrogens is 1. The molecule has 0 bridgehead atoms. The number of carbonyl (C=O) groups is 1. The molecule has 112 valence electrons. The van der Waals surface area contributed by atoms with Gasteiger partial charge in [0.15, 0.2) is 5.58 Å². The smallest absolute Gasteiger partial charge is 0.408 e. The highest BCUT2D eigenvalue weighted by Gasteiger charge is 2.21. The average molecular weight is 361 g/mol. The monoisotopic (exact) mass is 360 g/mol. The Hall–Kier alpha value is -2.34. The molecule has 0 fully saturated rings. The third-order valence-electron chi connectivity index (χ3n) is 3.40. The van der Waals surface area contributed by atoms with Crippen molar-refractivity contribution in [2.75, 3.05) is 5.32 Å². The number of nitrogens with one attached hydrogen (secondary N) is 1. The van der Waals surface area contributed by atoms with Crippen LogP contribution in [0.15, 0.2) is 62.2 Å². The summed E-state index contributed by atoms with van der Waals surface area (Å²) in [5.74, 6) is -0.823. The number of benzene rings is 2. The molecular weight excluding hydrogens is 348 g/mol. The third-order valence-corrected chi connectivity index (χ3v) is 3.93. The van der Waals surface area contributed by atoms with Crippen molar-refractivity contribution in [2.45, 2.75) is 13.0 Å². The second kappa shape index (κ2) is 5.81. The lowest BCUT2D eigenvalue weighted by molar-refractivity contribution is -0.118. The van der Waals surface area contributed by atoms with Gasteiger partial charge in [0.2, 0.25) is 5.91 Å². The zero-order chi connectivity index (χ0) is 15.7. The number of hydrogen-bond donors (Lipinski definition) is 1. The van der Waals surface area contributed by atoms with Crippen molar-refractivity contribution in [2.24, 2.45) is 0 Å². The fourth-order valence-corrected chi connectivity index (χ4v) is 2.51. The molecule has 6 heteroatoms. The van der Waals surface area contributed by atoms with Gasteiger partial charge in [-0.1, -0.05) is 28.1 Å². The van der Waals surface area contributed by atoms with Gasteiger partial charge >= 0.3 is 5.76 Å². The SMILES string of the molecule is CC(C(=O)Nc1ccc(Br)cc1)n1c(=O)oc2ccccc21. The molecule has 1 amide bonds. The molecule has 1 heterocycles. The summed E-state index contributed by atoms with van der Waals surface area (Å²) in [6.45, 7) is 1.66. The fourth-order valence-electron chi connectivity index (χ4n) is 2.25. The van der Waals surface area contributed by atoms with Gasteiger partial charge in [-0.2, -0.15) is 0 Å². The standard InChI is InChI=1S/C16H13BrN2O3/c1-10(15(20)18-12-8-6-11(17)7-9-12)19-13-4-2-3-5-14(13)22-16(19)21/h2-10H,1H3,(H,18,20). The minimum Gasteiger partial charge on any atom is -0.408 e. The van der Waals surface area contributed by atoms with E-state index in [1.807, 2.05) is 12.1 Å². The summed E-state index contributed by atoms with van der Waals surface area (Å²) >= 11 is 3.34. The molecule has 0 aliphatic rings. The van der Waals surface area contributed by atoms with E-state index in [0.717, 1.165) is 4.47 Å². The van der Waals surface area contributed by atoms with Crippen LogP contribution in [0.2, 0.25) is 0 Å². The topological polar surface area (TPSA) is 64.2 Å². The predicted octanol–water partition coefficient (Wildman–Crippen LogP) is 3.56. The van der Waals surface area contributed by atoms with Gasteiger partial charge in [0.05, 0.1) is 5.52 Å². The Morgan fingerprint density at radius 2 is 1.86 bits per heavy atom. The Kier molecular flexibility index (Phi) is 3.85. The maximum absolute atomic E-state index is 12.4. The molecule has 1 aromatic heterocycles. The van der Waals surface area contributed by atoms with Gasteiger partial charge in [-0.05, 0) is 43.3 Å². The van der Waals surface area contributed by atoms with Crippen molar-refractivity contribution in [3.63, 3.8) is 0 Å². The first-order valence-electron chi connectivity index (χ1n) is 6.73. The Balaban J connectivity index is 1.90. The quantitative estimate of drug-likeness (QED) is 0.776.